The molecule has 5 heteroatoms. The average molecular weight is 225 g/mol. The molecule has 0 spiro atoms. The van der Waals surface area contributed by atoms with Crippen LogP contribution in [-0.2, 0) is 9.59 Å². The quantitative estimate of drug-likeness (QED) is 0.739. The number of nitrogens with one attached hydrogen (secondary N) is 1. The highest BCUT2D eigenvalue weighted by molar-refractivity contribution is 7.10. The van der Waals surface area contributed by atoms with Crippen molar-refractivity contribution in [1.29, 1.82) is 0 Å². The molecule has 2 heterocycles. The SMILES string of the molecule is O=C(O)[C@H]1C[C@H](c2cccs2)CNC1=O. The third-order valence-electron chi connectivity index (χ3n) is 2.60. The summed E-state index contributed by atoms with van der Waals surface area (Å²) >= 11 is 1.60. The number of carboxylic acids is 1. The van der Waals surface area contributed by atoms with Crippen LogP contribution in [0, 0.1) is 5.92 Å². The van der Waals surface area contributed by atoms with Crippen LogP contribution in [0.2, 0.25) is 0 Å². The van der Waals surface area contributed by atoms with Crippen molar-refractivity contribution in [2.45, 2.75) is 12.3 Å². The monoisotopic (exact) mass is 225 g/mol. The maximum absolute atomic E-state index is 11.3. The van der Waals surface area contributed by atoms with Crippen molar-refractivity contribution >= 4 is 23.2 Å². The van der Waals surface area contributed by atoms with E-state index in [2.05, 4.69) is 5.32 Å². The Labute approximate surface area is 90.9 Å². The lowest BCUT2D eigenvalue weighted by atomic mass is 9.89. The molecule has 1 saturated heterocycles. The second-order valence-corrected chi connectivity index (χ2v) is 4.56. The molecule has 0 unspecified atom stereocenters. The van der Waals surface area contributed by atoms with Crippen LogP contribution in [0.15, 0.2) is 17.5 Å². The number of hydrogen-bond donors (Lipinski definition) is 2. The molecule has 2 atom stereocenters. The minimum atomic E-state index is -1.03. The molecule has 0 bridgehead atoms. The molecule has 1 fully saturated rings. The average Bonchev–Trinajstić information content (AvgIpc) is 2.71. The van der Waals surface area contributed by atoms with E-state index in [1.807, 2.05) is 17.5 Å². The fourth-order valence-electron chi connectivity index (χ4n) is 1.78. The summed E-state index contributed by atoms with van der Waals surface area (Å²) in [6, 6.07) is 3.91. The minimum absolute atomic E-state index is 0.142. The fourth-order valence-corrected chi connectivity index (χ4v) is 2.62. The molecule has 2 N–H and O–H groups in total. The predicted octanol–water partition coefficient (Wildman–Crippen LogP) is 1.05. The molecule has 1 aromatic heterocycles. The lowest BCUT2D eigenvalue weighted by Gasteiger charge is -2.25. The van der Waals surface area contributed by atoms with Gasteiger partial charge in [0.1, 0.15) is 5.92 Å². The van der Waals surface area contributed by atoms with Crippen LogP contribution < -0.4 is 5.32 Å². The van der Waals surface area contributed by atoms with E-state index in [1.165, 1.54) is 0 Å². The molecule has 4 nitrogen and oxygen atoms in total. The zero-order valence-corrected chi connectivity index (χ0v) is 8.79. The van der Waals surface area contributed by atoms with E-state index in [0.29, 0.717) is 13.0 Å². The van der Waals surface area contributed by atoms with Crippen LogP contribution in [0.5, 0.6) is 0 Å². The molecular formula is C10H11NO3S. The predicted molar refractivity (Wildman–Crippen MR) is 55.8 cm³/mol. The molecular weight excluding hydrogens is 214 g/mol. The number of piperidine rings is 1. The summed E-state index contributed by atoms with van der Waals surface area (Å²) in [7, 11) is 0. The summed E-state index contributed by atoms with van der Waals surface area (Å²) in [5.41, 5.74) is 0. The molecule has 0 aromatic carbocycles. The standard InChI is InChI=1S/C10H11NO3S/c12-9-7(10(13)14)4-6(5-11-9)8-2-1-3-15-8/h1-3,6-7H,4-5H2,(H,11,12)(H,13,14)/t6-,7-/m0/s1. The summed E-state index contributed by atoms with van der Waals surface area (Å²) < 4.78 is 0. The van der Waals surface area contributed by atoms with Crippen molar-refractivity contribution in [3.05, 3.63) is 22.4 Å². The van der Waals surface area contributed by atoms with E-state index < -0.39 is 11.9 Å². The van der Waals surface area contributed by atoms with Crippen molar-refractivity contribution in [3.63, 3.8) is 0 Å². The molecule has 1 aliphatic rings. The number of amides is 1. The van der Waals surface area contributed by atoms with Crippen LogP contribution in [0.25, 0.3) is 0 Å². The second-order valence-electron chi connectivity index (χ2n) is 3.58. The van der Waals surface area contributed by atoms with Gasteiger partial charge in [0.05, 0.1) is 0 Å². The van der Waals surface area contributed by atoms with E-state index in [9.17, 15) is 9.59 Å². The summed E-state index contributed by atoms with van der Waals surface area (Å²) in [5, 5.41) is 13.5. The second kappa shape index (κ2) is 4.02. The van der Waals surface area contributed by atoms with E-state index in [1.54, 1.807) is 11.3 Å². The van der Waals surface area contributed by atoms with Crippen LogP contribution in [0.4, 0.5) is 0 Å². The molecule has 15 heavy (non-hydrogen) atoms. The molecule has 1 aromatic rings. The summed E-state index contributed by atoms with van der Waals surface area (Å²) in [5.74, 6) is -2.15. The number of carbonyl (C=O) groups excluding carboxylic acids is 1. The first-order chi connectivity index (χ1) is 7.18. The number of carboxylic acid groups (broad SMARTS) is 1. The Kier molecular flexibility index (Phi) is 2.73. The zero-order valence-electron chi connectivity index (χ0n) is 7.97. The van der Waals surface area contributed by atoms with Gasteiger partial charge in [-0.1, -0.05) is 6.07 Å². The first kappa shape index (κ1) is 10.2. The van der Waals surface area contributed by atoms with Gasteiger partial charge in [-0.05, 0) is 17.9 Å². The maximum atomic E-state index is 11.3. The van der Waals surface area contributed by atoms with Gasteiger partial charge in [-0.15, -0.1) is 11.3 Å². The summed E-state index contributed by atoms with van der Waals surface area (Å²) in [4.78, 5) is 23.2. The first-order valence-electron chi connectivity index (χ1n) is 4.72. The number of carbonyl (C=O) groups is 2. The van der Waals surface area contributed by atoms with Gasteiger partial charge in [-0.25, -0.2) is 0 Å². The summed E-state index contributed by atoms with van der Waals surface area (Å²) in [6.45, 7) is 0.545. The number of thiophene rings is 1. The Bertz CT molecular complexity index is 374. The Balaban J connectivity index is 2.12. The highest BCUT2D eigenvalue weighted by atomic mass is 32.1. The molecule has 80 valence electrons. The molecule has 0 saturated carbocycles. The Morgan fingerprint density at radius 1 is 1.60 bits per heavy atom. The van der Waals surface area contributed by atoms with Gasteiger partial charge in [0.2, 0.25) is 5.91 Å². The maximum Gasteiger partial charge on any atom is 0.316 e. The lowest BCUT2D eigenvalue weighted by Crippen LogP contribution is -2.43. The van der Waals surface area contributed by atoms with Crippen LogP contribution in [-0.4, -0.2) is 23.5 Å². The third-order valence-corrected chi connectivity index (χ3v) is 3.64. The molecule has 1 amide bonds. The van der Waals surface area contributed by atoms with E-state index >= 15 is 0 Å². The van der Waals surface area contributed by atoms with Crippen molar-refractivity contribution in [3.8, 4) is 0 Å². The van der Waals surface area contributed by atoms with Crippen molar-refractivity contribution in [2.24, 2.45) is 5.92 Å². The largest absolute Gasteiger partial charge is 0.481 e. The van der Waals surface area contributed by atoms with Gasteiger partial charge in [0, 0.05) is 17.3 Å². The van der Waals surface area contributed by atoms with Crippen LogP contribution in [0.3, 0.4) is 0 Å². The van der Waals surface area contributed by atoms with E-state index in [4.69, 9.17) is 5.11 Å². The highest BCUT2D eigenvalue weighted by Crippen LogP contribution is 2.29. The number of hydrogen-bond acceptors (Lipinski definition) is 3. The van der Waals surface area contributed by atoms with Gasteiger partial charge in [-0.2, -0.15) is 0 Å². The van der Waals surface area contributed by atoms with Gasteiger partial charge in [0.25, 0.3) is 0 Å². The molecule has 0 aliphatic carbocycles. The fraction of sp³-hybridized carbons (Fsp3) is 0.400. The lowest BCUT2D eigenvalue weighted by molar-refractivity contribution is -0.148. The van der Waals surface area contributed by atoms with Crippen molar-refractivity contribution < 1.29 is 14.7 Å². The highest BCUT2D eigenvalue weighted by Gasteiger charge is 2.34. The van der Waals surface area contributed by atoms with Crippen LogP contribution >= 0.6 is 11.3 Å². The van der Waals surface area contributed by atoms with Crippen molar-refractivity contribution in [1.82, 2.24) is 5.32 Å². The van der Waals surface area contributed by atoms with Crippen LogP contribution in [0.1, 0.15) is 17.2 Å². The van der Waals surface area contributed by atoms with E-state index in [-0.39, 0.29) is 11.8 Å². The molecule has 2 rings (SSSR count). The Hall–Kier alpha value is -1.36. The van der Waals surface area contributed by atoms with Crippen molar-refractivity contribution in [2.75, 3.05) is 6.54 Å². The van der Waals surface area contributed by atoms with Gasteiger partial charge >= 0.3 is 5.97 Å². The number of aliphatic carboxylic acids is 1. The molecule has 0 radical (unpaired) electrons. The Morgan fingerprint density at radius 3 is 3.00 bits per heavy atom. The number of rotatable bonds is 2. The smallest absolute Gasteiger partial charge is 0.316 e. The van der Waals surface area contributed by atoms with E-state index in [0.717, 1.165) is 4.88 Å². The van der Waals surface area contributed by atoms with Gasteiger partial charge in [-0.3, -0.25) is 9.59 Å². The van der Waals surface area contributed by atoms with Gasteiger partial charge < -0.3 is 10.4 Å². The summed E-state index contributed by atoms with van der Waals surface area (Å²) in [6.07, 6.45) is 0.404. The van der Waals surface area contributed by atoms with Gasteiger partial charge in [0.15, 0.2) is 0 Å². The minimum Gasteiger partial charge on any atom is -0.481 e. The zero-order chi connectivity index (χ0) is 10.8. The first-order valence-corrected chi connectivity index (χ1v) is 5.60. The topological polar surface area (TPSA) is 66.4 Å². The Morgan fingerprint density at radius 2 is 2.40 bits per heavy atom. The third kappa shape index (κ3) is 2.02. The molecule has 1 aliphatic heterocycles. The normalized spacial score (nSPS) is 26.0.